The highest BCUT2D eigenvalue weighted by molar-refractivity contribution is 5.57. The normalized spacial score (nSPS) is 14.3. The topological polar surface area (TPSA) is 89.0 Å². The van der Waals surface area contributed by atoms with Crippen molar-refractivity contribution in [3.8, 4) is 0 Å². The maximum atomic E-state index is 5.55. The fourth-order valence-corrected chi connectivity index (χ4v) is 2.12. The van der Waals surface area contributed by atoms with E-state index >= 15 is 0 Å². The predicted molar refractivity (Wildman–Crippen MR) is 77.3 cm³/mol. The first-order valence-electron chi connectivity index (χ1n) is 6.81. The molecule has 4 N–H and O–H groups in total. The summed E-state index contributed by atoms with van der Waals surface area (Å²) in [4.78, 5) is 9.07. The van der Waals surface area contributed by atoms with Crippen molar-refractivity contribution in [2.24, 2.45) is 5.84 Å². The number of nitrogen functional groups attached to an aromatic ring is 1. The molecule has 0 aromatic carbocycles. The Kier molecular flexibility index (Phi) is 3.31. The van der Waals surface area contributed by atoms with Gasteiger partial charge in [-0.15, -0.1) is 0 Å². The molecule has 1 fully saturated rings. The molecule has 1 aliphatic carbocycles. The second-order valence-electron chi connectivity index (χ2n) is 5.19. The molecule has 2 aromatic heterocycles. The molecule has 2 aromatic rings. The Morgan fingerprint density at radius 2 is 2.00 bits per heavy atom. The summed E-state index contributed by atoms with van der Waals surface area (Å²) < 4.78 is 5.55. The molecule has 2 heterocycles. The van der Waals surface area contributed by atoms with Crippen LogP contribution < -0.4 is 16.6 Å². The van der Waals surface area contributed by atoms with E-state index in [0.29, 0.717) is 18.3 Å². The summed E-state index contributed by atoms with van der Waals surface area (Å²) in [5.41, 5.74) is 3.56. The number of anilines is 2. The van der Waals surface area contributed by atoms with Gasteiger partial charge in [-0.05, 0) is 38.8 Å². The third-order valence-corrected chi connectivity index (χ3v) is 3.47. The van der Waals surface area contributed by atoms with Crippen molar-refractivity contribution in [1.29, 1.82) is 0 Å². The zero-order valence-electron chi connectivity index (χ0n) is 11.7. The standard InChI is InChI=1S/C14H19N5O/c1-8-3-6-11(20-8)7-16-12-9(2)13(19-15)18-14(17-12)10-4-5-10/h3,6,10H,4-5,7,15H2,1-2H3,(H2,16,17,18,19). The Bertz CT molecular complexity index is 618. The Morgan fingerprint density at radius 1 is 1.25 bits per heavy atom. The molecule has 0 unspecified atom stereocenters. The molecule has 0 saturated heterocycles. The van der Waals surface area contributed by atoms with Gasteiger partial charge in [0, 0.05) is 11.5 Å². The average molecular weight is 273 g/mol. The maximum absolute atomic E-state index is 5.55. The molecule has 0 aliphatic heterocycles. The molecular weight excluding hydrogens is 254 g/mol. The van der Waals surface area contributed by atoms with Gasteiger partial charge in [-0.3, -0.25) is 0 Å². The van der Waals surface area contributed by atoms with E-state index in [-0.39, 0.29) is 0 Å². The van der Waals surface area contributed by atoms with Gasteiger partial charge in [0.1, 0.15) is 29.0 Å². The first kappa shape index (κ1) is 12.9. The van der Waals surface area contributed by atoms with Crippen molar-refractivity contribution in [1.82, 2.24) is 9.97 Å². The highest BCUT2D eigenvalue weighted by atomic mass is 16.3. The first-order chi connectivity index (χ1) is 9.67. The van der Waals surface area contributed by atoms with Crippen LogP contribution >= 0.6 is 0 Å². The van der Waals surface area contributed by atoms with Gasteiger partial charge in [0.15, 0.2) is 0 Å². The number of furan rings is 1. The Labute approximate surface area is 117 Å². The lowest BCUT2D eigenvalue weighted by molar-refractivity contribution is 0.490. The minimum Gasteiger partial charge on any atom is -0.465 e. The van der Waals surface area contributed by atoms with Gasteiger partial charge >= 0.3 is 0 Å². The molecule has 20 heavy (non-hydrogen) atoms. The fraction of sp³-hybridized carbons (Fsp3) is 0.429. The van der Waals surface area contributed by atoms with Crippen LogP contribution in [0.2, 0.25) is 0 Å². The van der Waals surface area contributed by atoms with Crippen LogP contribution in [0.5, 0.6) is 0 Å². The van der Waals surface area contributed by atoms with E-state index in [4.69, 9.17) is 10.3 Å². The van der Waals surface area contributed by atoms with Crippen molar-refractivity contribution in [3.63, 3.8) is 0 Å². The number of nitrogens with one attached hydrogen (secondary N) is 2. The van der Waals surface area contributed by atoms with Crippen molar-refractivity contribution in [3.05, 3.63) is 35.0 Å². The SMILES string of the molecule is Cc1ccc(CNc2nc(C3CC3)nc(NN)c2C)o1. The zero-order valence-corrected chi connectivity index (χ0v) is 11.7. The average Bonchev–Trinajstić information content (AvgIpc) is 3.21. The van der Waals surface area contributed by atoms with E-state index in [2.05, 4.69) is 20.7 Å². The number of aromatic nitrogens is 2. The van der Waals surface area contributed by atoms with Crippen LogP contribution in [0.15, 0.2) is 16.5 Å². The van der Waals surface area contributed by atoms with Crippen LogP contribution in [0.4, 0.5) is 11.6 Å². The number of hydrogen-bond donors (Lipinski definition) is 3. The van der Waals surface area contributed by atoms with Crippen LogP contribution in [-0.4, -0.2) is 9.97 Å². The van der Waals surface area contributed by atoms with Crippen LogP contribution in [0.3, 0.4) is 0 Å². The molecule has 1 aliphatic rings. The first-order valence-corrected chi connectivity index (χ1v) is 6.81. The van der Waals surface area contributed by atoms with Crippen molar-refractivity contribution < 1.29 is 4.42 Å². The molecule has 6 nitrogen and oxygen atoms in total. The number of nitrogens with zero attached hydrogens (tertiary/aromatic N) is 2. The molecule has 3 rings (SSSR count). The second kappa shape index (κ2) is 5.13. The summed E-state index contributed by atoms with van der Waals surface area (Å²) in [6, 6.07) is 3.91. The third kappa shape index (κ3) is 2.60. The molecular formula is C14H19N5O. The summed E-state index contributed by atoms with van der Waals surface area (Å²) in [6.45, 7) is 4.47. The molecule has 6 heteroatoms. The second-order valence-corrected chi connectivity index (χ2v) is 5.19. The molecule has 0 radical (unpaired) electrons. The third-order valence-electron chi connectivity index (χ3n) is 3.47. The van der Waals surface area contributed by atoms with Gasteiger partial charge < -0.3 is 15.2 Å². The van der Waals surface area contributed by atoms with E-state index in [9.17, 15) is 0 Å². The fourth-order valence-electron chi connectivity index (χ4n) is 2.12. The van der Waals surface area contributed by atoms with E-state index < -0.39 is 0 Å². The predicted octanol–water partition coefficient (Wildman–Crippen LogP) is 2.46. The smallest absolute Gasteiger partial charge is 0.148 e. The Hall–Kier alpha value is -2.08. The van der Waals surface area contributed by atoms with Gasteiger partial charge in [0.2, 0.25) is 0 Å². The monoisotopic (exact) mass is 273 g/mol. The van der Waals surface area contributed by atoms with E-state index in [1.807, 2.05) is 26.0 Å². The maximum Gasteiger partial charge on any atom is 0.148 e. The summed E-state index contributed by atoms with van der Waals surface area (Å²) in [5.74, 6) is 10.2. The largest absolute Gasteiger partial charge is 0.465 e. The molecule has 1 saturated carbocycles. The van der Waals surface area contributed by atoms with Crippen molar-refractivity contribution >= 4 is 11.6 Å². The number of rotatable bonds is 5. The van der Waals surface area contributed by atoms with Crippen LogP contribution in [0.25, 0.3) is 0 Å². The van der Waals surface area contributed by atoms with Gasteiger partial charge in [0.05, 0.1) is 6.54 Å². The lowest BCUT2D eigenvalue weighted by Crippen LogP contribution is -2.14. The lowest BCUT2D eigenvalue weighted by atomic mass is 10.2. The van der Waals surface area contributed by atoms with Crippen LogP contribution in [-0.2, 0) is 6.54 Å². The highest BCUT2D eigenvalue weighted by Gasteiger charge is 2.28. The van der Waals surface area contributed by atoms with E-state index in [0.717, 1.165) is 41.6 Å². The minimum atomic E-state index is 0.481. The Balaban J connectivity index is 1.81. The van der Waals surface area contributed by atoms with Crippen LogP contribution in [0, 0.1) is 13.8 Å². The lowest BCUT2D eigenvalue weighted by Gasteiger charge is -2.12. The van der Waals surface area contributed by atoms with Gasteiger partial charge in [-0.1, -0.05) is 0 Å². The molecule has 106 valence electrons. The number of hydrazine groups is 1. The quantitative estimate of drug-likeness (QED) is 0.573. The highest BCUT2D eigenvalue weighted by Crippen LogP contribution is 2.39. The van der Waals surface area contributed by atoms with Gasteiger partial charge in [-0.2, -0.15) is 0 Å². The van der Waals surface area contributed by atoms with E-state index in [1.54, 1.807) is 0 Å². The summed E-state index contributed by atoms with van der Waals surface area (Å²) >= 11 is 0. The van der Waals surface area contributed by atoms with Gasteiger partial charge in [0.25, 0.3) is 0 Å². The summed E-state index contributed by atoms with van der Waals surface area (Å²) in [6.07, 6.45) is 2.31. The number of hydrogen-bond acceptors (Lipinski definition) is 6. The molecule has 0 amide bonds. The summed E-state index contributed by atoms with van der Waals surface area (Å²) in [5, 5.41) is 3.30. The number of aryl methyl sites for hydroxylation is 1. The minimum absolute atomic E-state index is 0.481. The Morgan fingerprint density at radius 3 is 2.60 bits per heavy atom. The van der Waals surface area contributed by atoms with Crippen LogP contribution in [0.1, 0.15) is 41.7 Å². The van der Waals surface area contributed by atoms with E-state index in [1.165, 1.54) is 0 Å². The molecule has 0 bridgehead atoms. The number of nitrogens with two attached hydrogens (primary N) is 1. The molecule has 0 spiro atoms. The zero-order chi connectivity index (χ0) is 14.1. The summed E-state index contributed by atoms with van der Waals surface area (Å²) in [7, 11) is 0. The molecule has 0 atom stereocenters. The van der Waals surface area contributed by atoms with Crippen molar-refractivity contribution in [2.75, 3.05) is 10.7 Å². The van der Waals surface area contributed by atoms with Crippen molar-refractivity contribution in [2.45, 2.75) is 39.2 Å². The van der Waals surface area contributed by atoms with Gasteiger partial charge in [-0.25, -0.2) is 15.8 Å².